The van der Waals surface area contributed by atoms with Crippen molar-refractivity contribution in [1.29, 1.82) is 0 Å². The summed E-state index contributed by atoms with van der Waals surface area (Å²) >= 11 is 1.44. The molecule has 0 radical (unpaired) electrons. The molecule has 0 aromatic heterocycles. The summed E-state index contributed by atoms with van der Waals surface area (Å²) < 4.78 is 5.89. The largest absolute Gasteiger partial charge is 0.508 e. The molecule has 0 spiro atoms. The SMILES string of the molecule is O=C(O)c1cc(O)c(O)c(O)c1.Oc1cc(O)c2c(c1)O[C@@H](c1ccc(O)c(O)c1)[C@@H](O)[C@H]2SCc1ccccc1. The molecule has 1 heterocycles. The van der Waals surface area contributed by atoms with Crippen LogP contribution in [0.3, 0.4) is 0 Å². The Labute approximate surface area is 237 Å². The van der Waals surface area contributed by atoms with E-state index in [-0.39, 0.29) is 34.3 Å². The molecule has 0 amide bonds. The molecule has 41 heavy (non-hydrogen) atoms. The third-order valence-corrected chi connectivity index (χ3v) is 7.55. The Morgan fingerprint density at radius 3 is 2.02 bits per heavy atom. The van der Waals surface area contributed by atoms with Crippen molar-refractivity contribution in [2.45, 2.75) is 23.2 Å². The number of carboxylic acids is 1. The van der Waals surface area contributed by atoms with E-state index in [9.17, 15) is 30.3 Å². The van der Waals surface area contributed by atoms with Gasteiger partial charge in [-0.2, -0.15) is 0 Å². The second-order valence-corrected chi connectivity index (χ2v) is 10.2. The third kappa shape index (κ3) is 6.45. The van der Waals surface area contributed by atoms with Crippen LogP contribution in [0.1, 0.15) is 38.4 Å². The van der Waals surface area contributed by atoms with Crippen LogP contribution in [0.15, 0.2) is 72.8 Å². The number of fused-ring (bicyclic) bond motifs is 1. The number of aliphatic hydroxyl groups excluding tert-OH is 1. The van der Waals surface area contributed by atoms with Crippen molar-refractivity contribution in [3.63, 3.8) is 0 Å². The number of phenols is 7. The van der Waals surface area contributed by atoms with Gasteiger partial charge in [0.15, 0.2) is 34.9 Å². The molecular weight excluding hydrogens is 556 g/mol. The molecule has 214 valence electrons. The second kappa shape index (κ2) is 12.1. The number of benzene rings is 4. The van der Waals surface area contributed by atoms with Crippen LogP contribution in [0.5, 0.6) is 46.0 Å². The van der Waals surface area contributed by atoms with Crippen LogP contribution in [0, 0.1) is 0 Å². The summed E-state index contributed by atoms with van der Waals surface area (Å²) in [4.78, 5) is 10.3. The van der Waals surface area contributed by atoms with Crippen LogP contribution >= 0.6 is 11.8 Å². The van der Waals surface area contributed by atoms with Crippen molar-refractivity contribution in [2.75, 3.05) is 0 Å². The lowest BCUT2D eigenvalue weighted by molar-refractivity contribution is 0.0174. The van der Waals surface area contributed by atoms with Gasteiger partial charge in [0.1, 0.15) is 23.4 Å². The van der Waals surface area contributed by atoms with Crippen LogP contribution in [-0.4, -0.2) is 58.0 Å². The summed E-state index contributed by atoms with van der Waals surface area (Å²) in [6, 6.07) is 18.3. The molecule has 0 unspecified atom stereocenters. The number of thioether (sulfide) groups is 1. The van der Waals surface area contributed by atoms with E-state index in [1.54, 1.807) is 6.07 Å². The number of aromatic hydroxyl groups is 7. The molecule has 9 N–H and O–H groups in total. The standard InChI is InChI=1S/C22H20O6S.C7H6O5/c23-14-9-17(26)19-18(10-14)28-21(13-6-7-15(24)16(25)8-13)20(27)22(19)29-11-12-4-2-1-3-5-12;8-4-1-3(7(11)12)2-5(9)6(4)10/h1-10,20-27H,11H2;1-2,8-10H,(H,11,12)/t20-,21+,22+;/m1./s1. The zero-order valence-corrected chi connectivity index (χ0v) is 21.9. The molecule has 0 fully saturated rings. The number of phenolic OH excluding ortho intramolecular Hbond substituents is 7. The van der Waals surface area contributed by atoms with Gasteiger partial charge >= 0.3 is 5.97 Å². The number of hydrogen-bond donors (Lipinski definition) is 9. The van der Waals surface area contributed by atoms with Crippen LogP contribution in [0.25, 0.3) is 0 Å². The van der Waals surface area contributed by atoms with E-state index in [4.69, 9.17) is 25.2 Å². The van der Waals surface area contributed by atoms with Gasteiger partial charge in [0.05, 0.1) is 16.4 Å². The Kier molecular flexibility index (Phi) is 8.55. The van der Waals surface area contributed by atoms with Crippen molar-refractivity contribution in [3.05, 3.63) is 95.1 Å². The highest BCUT2D eigenvalue weighted by Crippen LogP contribution is 2.53. The number of ether oxygens (including phenoxy) is 1. The summed E-state index contributed by atoms with van der Waals surface area (Å²) in [6.07, 6.45) is -1.90. The Balaban J connectivity index is 0.000000271. The molecule has 4 aromatic rings. The summed E-state index contributed by atoms with van der Waals surface area (Å²) in [5, 5.41) is 85.2. The first-order valence-corrected chi connectivity index (χ1v) is 13.1. The van der Waals surface area contributed by atoms with Gasteiger partial charge in [-0.1, -0.05) is 36.4 Å². The maximum Gasteiger partial charge on any atom is 0.335 e. The molecule has 0 bridgehead atoms. The number of aliphatic hydroxyl groups is 1. The molecule has 0 saturated carbocycles. The quantitative estimate of drug-likeness (QED) is 0.149. The van der Waals surface area contributed by atoms with E-state index >= 15 is 0 Å². The van der Waals surface area contributed by atoms with Crippen molar-refractivity contribution < 1.29 is 55.5 Å². The number of carbonyl (C=O) groups is 1. The highest BCUT2D eigenvalue weighted by atomic mass is 32.2. The fraction of sp³-hybridized carbons (Fsp3) is 0.138. The maximum absolute atomic E-state index is 11.1. The average molecular weight is 583 g/mol. The number of rotatable bonds is 5. The molecule has 1 aliphatic rings. The van der Waals surface area contributed by atoms with Crippen molar-refractivity contribution in [1.82, 2.24) is 0 Å². The topological polar surface area (TPSA) is 208 Å². The molecule has 11 nitrogen and oxygen atoms in total. The minimum Gasteiger partial charge on any atom is -0.508 e. The first kappa shape index (κ1) is 29.1. The lowest BCUT2D eigenvalue weighted by Gasteiger charge is -2.37. The van der Waals surface area contributed by atoms with Gasteiger partial charge < -0.3 is 50.7 Å². The summed E-state index contributed by atoms with van der Waals surface area (Å²) in [5.41, 5.74) is 1.65. The molecule has 1 aliphatic heterocycles. The first-order chi connectivity index (χ1) is 19.5. The van der Waals surface area contributed by atoms with E-state index in [0.717, 1.165) is 17.7 Å². The lowest BCUT2D eigenvalue weighted by atomic mass is 9.93. The third-order valence-electron chi connectivity index (χ3n) is 6.18. The van der Waals surface area contributed by atoms with E-state index in [2.05, 4.69) is 0 Å². The average Bonchev–Trinajstić information content (AvgIpc) is 2.93. The van der Waals surface area contributed by atoms with Crippen molar-refractivity contribution >= 4 is 17.7 Å². The lowest BCUT2D eigenvalue weighted by Crippen LogP contribution is -2.33. The molecule has 0 saturated heterocycles. The summed E-state index contributed by atoms with van der Waals surface area (Å²) in [5.74, 6) is -3.39. The number of aromatic carboxylic acids is 1. The second-order valence-electron chi connectivity index (χ2n) is 9.04. The van der Waals surface area contributed by atoms with Gasteiger partial charge in [-0.25, -0.2) is 4.79 Å². The van der Waals surface area contributed by atoms with E-state index in [0.29, 0.717) is 16.9 Å². The zero-order chi connectivity index (χ0) is 29.8. The zero-order valence-electron chi connectivity index (χ0n) is 21.1. The van der Waals surface area contributed by atoms with Gasteiger partial charge in [0, 0.05) is 17.9 Å². The van der Waals surface area contributed by atoms with Gasteiger partial charge in [0.2, 0.25) is 0 Å². The van der Waals surface area contributed by atoms with Crippen LogP contribution in [-0.2, 0) is 5.75 Å². The Bertz CT molecular complexity index is 1540. The molecule has 5 rings (SSSR count). The molecule has 4 aromatic carbocycles. The molecule has 0 aliphatic carbocycles. The molecular formula is C29H26O11S. The minimum atomic E-state index is -1.29. The molecule has 3 atom stereocenters. The van der Waals surface area contributed by atoms with E-state index < -0.39 is 40.7 Å². The highest BCUT2D eigenvalue weighted by molar-refractivity contribution is 7.98. The smallest absolute Gasteiger partial charge is 0.335 e. The fourth-order valence-electron chi connectivity index (χ4n) is 4.17. The van der Waals surface area contributed by atoms with Gasteiger partial charge in [-0.15, -0.1) is 11.8 Å². The monoisotopic (exact) mass is 582 g/mol. The minimum absolute atomic E-state index is 0.156. The van der Waals surface area contributed by atoms with Gasteiger partial charge in [0.25, 0.3) is 0 Å². The Hall–Kier alpha value is -4.94. The van der Waals surface area contributed by atoms with Crippen molar-refractivity contribution in [2.24, 2.45) is 0 Å². The number of hydrogen-bond acceptors (Lipinski definition) is 11. The highest BCUT2D eigenvalue weighted by Gasteiger charge is 2.40. The van der Waals surface area contributed by atoms with E-state index in [1.807, 2.05) is 30.3 Å². The van der Waals surface area contributed by atoms with Crippen LogP contribution in [0.2, 0.25) is 0 Å². The van der Waals surface area contributed by atoms with Crippen molar-refractivity contribution in [3.8, 4) is 46.0 Å². The molecule has 12 heteroatoms. The summed E-state index contributed by atoms with van der Waals surface area (Å²) in [6.45, 7) is 0. The Morgan fingerprint density at radius 1 is 0.756 bits per heavy atom. The van der Waals surface area contributed by atoms with E-state index in [1.165, 1.54) is 36.0 Å². The van der Waals surface area contributed by atoms with Gasteiger partial charge in [-0.3, -0.25) is 0 Å². The maximum atomic E-state index is 11.1. The fourth-order valence-corrected chi connectivity index (χ4v) is 5.48. The first-order valence-electron chi connectivity index (χ1n) is 12.0. The van der Waals surface area contributed by atoms with Gasteiger partial charge in [-0.05, 0) is 35.4 Å². The number of carboxylic acid groups (broad SMARTS) is 1. The summed E-state index contributed by atoms with van der Waals surface area (Å²) in [7, 11) is 0. The predicted molar refractivity (Wildman–Crippen MR) is 148 cm³/mol. The Morgan fingerprint density at radius 2 is 1.41 bits per heavy atom. The normalized spacial score (nSPS) is 17.4. The van der Waals surface area contributed by atoms with Crippen LogP contribution in [0.4, 0.5) is 0 Å². The predicted octanol–water partition coefficient (Wildman–Crippen LogP) is 4.48. The van der Waals surface area contributed by atoms with Crippen LogP contribution < -0.4 is 4.74 Å².